The van der Waals surface area contributed by atoms with Crippen molar-refractivity contribution in [3.63, 3.8) is 0 Å². The summed E-state index contributed by atoms with van der Waals surface area (Å²) in [7, 11) is 0. The fourth-order valence-electron chi connectivity index (χ4n) is 1.71. The van der Waals surface area contributed by atoms with E-state index in [1.54, 1.807) is 12.1 Å². The molecule has 2 nitrogen and oxygen atoms in total. The molecule has 19 heavy (non-hydrogen) atoms. The molecule has 2 aromatic rings. The van der Waals surface area contributed by atoms with Crippen LogP contribution in [0.5, 0.6) is 0 Å². The lowest BCUT2D eigenvalue weighted by molar-refractivity contribution is -0.138. The number of carbonyl (C=O) groups is 1. The maximum atomic E-state index is 12.8. The molecule has 0 saturated heterocycles. The fraction of sp³-hybridized carbons (Fsp3) is 0.133. The van der Waals surface area contributed by atoms with E-state index in [0.717, 1.165) is 10.5 Å². The van der Waals surface area contributed by atoms with Gasteiger partial charge in [-0.3, -0.25) is 4.79 Å². The Balaban J connectivity index is 2.06. The van der Waals surface area contributed by atoms with Crippen LogP contribution in [-0.2, 0) is 4.79 Å². The zero-order valence-electron chi connectivity index (χ0n) is 10.1. The molecule has 1 N–H and O–H groups in total. The summed E-state index contributed by atoms with van der Waals surface area (Å²) in [5.41, 5.74) is 0.782. The van der Waals surface area contributed by atoms with Crippen LogP contribution in [0.15, 0.2) is 59.5 Å². The molecule has 1 atom stereocenters. The molecular weight excluding hydrogens is 263 g/mol. The Morgan fingerprint density at radius 1 is 1.11 bits per heavy atom. The van der Waals surface area contributed by atoms with Crippen LogP contribution in [0.3, 0.4) is 0 Å². The number of benzene rings is 2. The third kappa shape index (κ3) is 3.83. The first kappa shape index (κ1) is 13.6. The van der Waals surface area contributed by atoms with E-state index >= 15 is 0 Å². The van der Waals surface area contributed by atoms with Crippen LogP contribution >= 0.6 is 11.8 Å². The van der Waals surface area contributed by atoms with Gasteiger partial charge in [0.25, 0.3) is 0 Å². The predicted molar refractivity (Wildman–Crippen MR) is 73.9 cm³/mol. The standard InChI is InChI=1S/C15H13FO2S/c16-12-6-8-13(9-7-12)19-10-14(15(17)18)11-4-2-1-3-5-11/h1-9,14H,10H2,(H,17,18). The van der Waals surface area contributed by atoms with Crippen molar-refractivity contribution >= 4 is 17.7 Å². The maximum Gasteiger partial charge on any atom is 0.311 e. The van der Waals surface area contributed by atoms with E-state index in [4.69, 9.17) is 0 Å². The van der Waals surface area contributed by atoms with Crippen LogP contribution in [0.1, 0.15) is 11.5 Å². The summed E-state index contributed by atoms with van der Waals surface area (Å²) in [5, 5.41) is 9.28. The Kier molecular flexibility index (Phi) is 4.58. The van der Waals surface area contributed by atoms with E-state index in [1.165, 1.54) is 23.9 Å². The van der Waals surface area contributed by atoms with E-state index < -0.39 is 11.9 Å². The molecule has 0 heterocycles. The van der Waals surface area contributed by atoms with Crippen molar-refractivity contribution in [3.05, 3.63) is 66.0 Å². The second-order valence-electron chi connectivity index (χ2n) is 4.07. The lowest BCUT2D eigenvalue weighted by atomic mass is 10.0. The molecular formula is C15H13FO2S. The topological polar surface area (TPSA) is 37.3 Å². The van der Waals surface area contributed by atoms with Crippen molar-refractivity contribution in [1.29, 1.82) is 0 Å². The van der Waals surface area contributed by atoms with Gasteiger partial charge in [-0.25, -0.2) is 4.39 Å². The quantitative estimate of drug-likeness (QED) is 0.844. The molecule has 0 fully saturated rings. The number of thioether (sulfide) groups is 1. The summed E-state index contributed by atoms with van der Waals surface area (Å²) in [6, 6.07) is 15.2. The first-order valence-electron chi connectivity index (χ1n) is 5.83. The van der Waals surface area contributed by atoms with E-state index in [-0.39, 0.29) is 5.82 Å². The van der Waals surface area contributed by atoms with Crippen molar-refractivity contribution in [2.75, 3.05) is 5.75 Å². The number of carboxylic acid groups (broad SMARTS) is 1. The molecule has 0 aliphatic rings. The largest absolute Gasteiger partial charge is 0.481 e. The number of carboxylic acids is 1. The van der Waals surface area contributed by atoms with Crippen LogP contribution < -0.4 is 0 Å². The highest BCUT2D eigenvalue weighted by atomic mass is 32.2. The van der Waals surface area contributed by atoms with E-state index in [0.29, 0.717) is 5.75 Å². The van der Waals surface area contributed by atoms with Crippen molar-refractivity contribution < 1.29 is 14.3 Å². The lowest BCUT2D eigenvalue weighted by Gasteiger charge is -2.12. The molecule has 1 unspecified atom stereocenters. The van der Waals surface area contributed by atoms with Crippen molar-refractivity contribution in [1.82, 2.24) is 0 Å². The van der Waals surface area contributed by atoms with Crippen LogP contribution in [0.4, 0.5) is 4.39 Å². The molecule has 0 bridgehead atoms. The lowest BCUT2D eigenvalue weighted by Crippen LogP contribution is -2.14. The molecule has 0 aromatic heterocycles. The first-order chi connectivity index (χ1) is 9.16. The van der Waals surface area contributed by atoms with Crippen molar-refractivity contribution in [2.24, 2.45) is 0 Å². The van der Waals surface area contributed by atoms with E-state index in [1.807, 2.05) is 30.3 Å². The average molecular weight is 276 g/mol. The SMILES string of the molecule is O=C(O)C(CSc1ccc(F)cc1)c1ccccc1. The molecule has 98 valence electrons. The summed E-state index contributed by atoms with van der Waals surface area (Å²) in [4.78, 5) is 12.2. The van der Waals surface area contributed by atoms with Crippen molar-refractivity contribution in [2.45, 2.75) is 10.8 Å². The van der Waals surface area contributed by atoms with Crippen LogP contribution in [0.25, 0.3) is 0 Å². The Morgan fingerprint density at radius 2 is 1.74 bits per heavy atom. The van der Waals surface area contributed by atoms with Gasteiger partial charge in [-0.15, -0.1) is 11.8 Å². The highest BCUT2D eigenvalue weighted by Gasteiger charge is 2.19. The zero-order valence-corrected chi connectivity index (χ0v) is 10.9. The van der Waals surface area contributed by atoms with Crippen molar-refractivity contribution in [3.8, 4) is 0 Å². The van der Waals surface area contributed by atoms with Gasteiger partial charge in [0, 0.05) is 10.6 Å². The molecule has 2 rings (SSSR count). The Labute approximate surface area is 115 Å². The monoisotopic (exact) mass is 276 g/mol. The minimum Gasteiger partial charge on any atom is -0.481 e. The van der Waals surface area contributed by atoms with Gasteiger partial charge in [0.1, 0.15) is 5.82 Å². The first-order valence-corrected chi connectivity index (χ1v) is 6.81. The zero-order chi connectivity index (χ0) is 13.7. The third-order valence-electron chi connectivity index (χ3n) is 2.73. The fourth-order valence-corrected chi connectivity index (χ4v) is 2.73. The summed E-state index contributed by atoms with van der Waals surface area (Å²) >= 11 is 1.41. The second kappa shape index (κ2) is 6.38. The molecule has 0 aliphatic carbocycles. The Morgan fingerprint density at radius 3 is 2.32 bits per heavy atom. The van der Waals surface area contributed by atoms with Gasteiger partial charge in [0.2, 0.25) is 0 Å². The van der Waals surface area contributed by atoms with Gasteiger partial charge in [0.05, 0.1) is 5.92 Å². The summed E-state index contributed by atoms with van der Waals surface area (Å²) in [5.74, 6) is -1.27. The van der Waals surface area contributed by atoms with Gasteiger partial charge in [-0.2, -0.15) is 0 Å². The third-order valence-corrected chi connectivity index (χ3v) is 3.84. The molecule has 0 aliphatic heterocycles. The number of hydrogen-bond acceptors (Lipinski definition) is 2. The molecule has 0 spiro atoms. The highest BCUT2D eigenvalue weighted by Crippen LogP contribution is 2.26. The van der Waals surface area contributed by atoms with Gasteiger partial charge in [-0.1, -0.05) is 30.3 Å². The second-order valence-corrected chi connectivity index (χ2v) is 5.16. The minimum absolute atomic E-state index is 0.290. The molecule has 0 saturated carbocycles. The average Bonchev–Trinajstić information content (AvgIpc) is 2.42. The van der Waals surface area contributed by atoms with Gasteiger partial charge >= 0.3 is 5.97 Å². The molecule has 0 radical (unpaired) electrons. The molecule has 0 amide bonds. The number of hydrogen-bond donors (Lipinski definition) is 1. The van der Waals surface area contributed by atoms with Crippen LogP contribution in [0.2, 0.25) is 0 Å². The van der Waals surface area contributed by atoms with E-state index in [2.05, 4.69) is 0 Å². The number of rotatable bonds is 5. The number of halogens is 1. The van der Waals surface area contributed by atoms with Gasteiger partial charge < -0.3 is 5.11 Å². The molecule has 2 aromatic carbocycles. The smallest absolute Gasteiger partial charge is 0.311 e. The maximum absolute atomic E-state index is 12.8. The summed E-state index contributed by atoms with van der Waals surface area (Å²) < 4.78 is 12.8. The van der Waals surface area contributed by atoms with Gasteiger partial charge in [-0.05, 0) is 29.8 Å². The summed E-state index contributed by atoms with van der Waals surface area (Å²) in [6.07, 6.45) is 0. The molecule has 4 heteroatoms. The Hall–Kier alpha value is -1.81. The highest BCUT2D eigenvalue weighted by molar-refractivity contribution is 7.99. The summed E-state index contributed by atoms with van der Waals surface area (Å²) in [6.45, 7) is 0. The predicted octanol–water partition coefficient (Wildman–Crippen LogP) is 3.79. The number of aliphatic carboxylic acids is 1. The van der Waals surface area contributed by atoms with Crippen LogP contribution in [0, 0.1) is 5.82 Å². The van der Waals surface area contributed by atoms with E-state index in [9.17, 15) is 14.3 Å². The minimum atomic E-state index is -0.846. The van der Waals surface area contributed by atoms with Crippen LogP contribution in [-0.4, -0.2) is 16.8 Å². The normalized spacial score (nSPS) is 12.1. The Bertz CT molecular complexity index is 540. The van der Waals surface area contributed by atoms with Gasteiger partial charge in [0.15, 0.2) is 0 Å².